The number of ketones is 1. The molecule has 11 atom stereocenters. The van der Waals surface area contributed by atoms with Gasteiger partial charge in [-0.2, -0.15) is 0 Å². The number of aryl methyl sites for hydroxylation is 1. The van der Waals surface area contributed by atoms with Crippen molar-refractivity contribution in [3.8, 4) is 41.1 Å². The molecule has 328 valence electrons. The summed E-state index contributed by atoms with van der Waals surface area (Å²) in [5, 5.41) is 48.9. The third-order valence-corrected chi connectivity index (χ3v) is 16.4. The number of nitrogens with one attached hydrogen (secondary N) is 2. The molecule has 11 nitrogen and oxygen atoms in total. The largest absolute Gasteiger partial charge is 0.508 e. The van der Waals surface area contributed by atoms with Gasteiger partial charge in [-0.05, 0) is 102 Å². The van der Waals surface area contributed by atoms with Gasteiger partial charge in [0, 0.05) is 43.5 Å². The Bertz CT molecular complexity index is 2490. The van der Waals surface area contributed by atoms with Crippen LogP contribution in [-0.2, 0) is 11.2 Å². The summed E-state index contributed by atoms with van der Waals surface area (Å²) in [5.74, 6) is 10.7. The number of Topliss-reactive ketones (excluding diaryl/α,β-unsaturated/α-hetero) is 1. The first-order valence-corrected chi connectivity index (χ1v) is 23.5. The van der Waals surface area contributed by atoms with E-state index >= 15 is 0 Å². The Morgan fingerprint density at radius 3 is 2.65 bits per heavy atom. The Balaban J connectivity index is 0.984. The Labute approximate surface area is 369 Å². The Kier molecular flexibility index (Phi) is 10.3. The van der Waals surface area contributed by atoms with Gasteiger partial charge in [0.25, 0.3) is 6.23 Å². The molecule has 0 aromatic heterocycles. The summed E-state index contributed by atoms with van der Waals surface area (Å²) in [6.45, 7) is 3.42. The van der Waals surface area contributed by atoms with E-state index in [9.17, 15) is 25.2 Å². The van der Waals surface area contributed by atoms with Gasteiger partial charge in [0.15, 0.2) is 11.5 Å². The van der Waals surface area contributed by atoms with Crippen LogP contribution in [0.5, 0.6) is 17.2 Å². The number of carbonyl (C=O) groups excluding carboxylic acids is 1. The third-order valence-electron chi connectivity index (χ3n) is 16.4. The number of aliphatic imine (C=N–C) groups is 1. The lowest BCUT2D eigenvalue weighted by Crippen LogP contribution is -3.13. The van der Waals surface area contributed by atoms with Gasteiger partial charge >= 0.3 is 0 Å². The zero-order chi connectivity index (χ0) is 43.2. The Morgan fingerprint density at radius 1 is 1.05 bits per heavy atom. The second kappa shape index (κ2) is 15.8. The molecule has 2 spiro atoms. The first kappa shape index (κ1) is 41.0. The number of aliphatic hydroxyl groups is 3. The molecule has 1 unspecified atom stereocenters. The van der Waals surface area contributed by atoms with Crippen LogP contribution in [-0.4, -0.2) is 63.4 Å². The van der Waals surface area contributed by atoms with E-state index in [-0.39, 0.29) is 60.0 Å². The van der Waals surface area contributed by atoms with Crippen molar-refractivity contribution in [2.45, 2.75) is 133 Å². The molecule has 2 aromatic carbocycles. The van der Waals surface area contributed by atoms with Gasteiger partial charge in [0.2, 0.25) is 0 Å². The van der Waals surface area contributed by atoms with Crippen molar-refractivity contribution in [2.24, 2.45) is 39.3 Å². The topological polar surface area (TPSA) is 171 Å². The maximum Gasteiger partial charge on any atom is 0.252 e. The molecule has 5 heterocycles. The van der Waals surface area contributed by atoms with Crippen molar-refractivity contribution in [2.75, 3.05) is 13.1 Å². The van der Waals surface area contributed by atoms with Gasteiger partial charge in [-0.1, -0.05) is 74.7 Å². The number of allylic oxidation sites excluding steroid dienone is 2. The van der Waals surface area contributed by atoms with Gasteiger partial charge in [-0.25, -0.2) is 0 Å². The van der Waals surface area contributed by atoms with Gasteiger partial charge in [-0.15, -0.1) is 0 Å². The first-order valence-electron chi connectivity index (χ1n) is 23.5. The summed E-state index contributed by atoms with van der Waals surface area (Å²) in [7, 11) is 0. The summed E-state index contributed by atoms with van der Waals surface area (Å²) < 4.78 is 13.4. The lowest BCUT2D eigenvalue weighted by Gasteiger charge is -2.50. The van der Waals surface area contributed by atoms with Crippen molar-refractivity contribution in [1.82, 2.24) is 5.32 Å². The summed E-state index contributed by atoms with van der Waals surface area (Å²) in [6.07, 6.45) is 17.6. The molecule has 11 rings (SSSR count). The number of fused-ring (bicyclic) bond motifs is 7. The van der Waals surface area contributed by atoms with E-state index in [1.807, 2.05) is 19.1 Å². The number of nitrogens with two attached hydrogens (primary N) is 1. The molecule has 2 fully saturated rings. The van der Waals surface area contributed by atoms with Gasteiger partial charge < -0.3 is 35.6 Å². The highest BCUT2D eigenvalue weighted by Gasteiger charge is 2.56. The molecule has 11 heteroatoms. The number of nitrogens with zero attached hydrogens (tertiary/aromatic N) is 1. The van der Waals surface area contributed by atoms with Crippen LogP contribution in [0, 0.1) is 52.5 Å². The predicted molar refractivity (Wildman–Crippen MR) is 236 cm³/mol. The monoisotopic (exact) mass is 851 g/mol. The van der Waals surface area contributed by atoms with E-state index < -0.39 is 41.8 Å². The molecule has 0 radical (unpaired) electrons. The third kappa shape index (κ3) is 6.90. The first-order chi connectivity index (χ1) is 30.5. The molecule has 4 aliphatic carbocycles. The van der Waals surface area contributed by atoms with Gasteiger partial charge in [0.1, 0.15) is 48.1 Å². The maximum atomic E-state index is 13.3. The molecular weight excluding hydrogens is 793 g/mol. The van der Waals surface area contributed by atoms with E-state index in [0.29, 0.717) is 30.2 Å². The molecule has 2 saturated carbocycles. The molecule has 2 aromatic rings. The average Bonchev–Trinajstić information content (AvgIpc) is 4.09. The number of phenolic OH excluding ortho intramolecular Hbond substituents is 1. The van der Waals surface area contributed by atoms with E-state index in [2.05, 4.69) is 53.7 Å². The quantitative estimate of drug-likeness (QED) is 0.156. The average molecular weight is 852 g/mol. The van der Waals surface area contributed by atoms with Gasteiger partial charge in [0.05, 0.1) is 29.4 Å². The molecular formula is C52H59N4O7+. The van der Waals surface area contributed by atoms with Crippen LogP contribution < -0.4 is 25.4 Å². The molecule has 0 saturated heterocycles. The van der Waals surface area contributed by atoms with E-state index in [1.54, 1.807) is 6.07 Å². The summed E-state index contributed by atoms with van der Waals surface area (Å²) in [6, 6.07) is 7.45. The SMILES string of the molecule is C[C@@H]1C=C[C@@H]([C@@H](O)CC(=O)CCc2cc3c(cc2O)OC#CC2(CCCC2)[C@@H]2C#C[C@H](O)c4ccc5c6c4[C@H](C4=CN=C7C[NH+](C=C47)[C@@H]2O3)C2(CCCC2)C[C@@H]6CN[C@@H]5N)[C@H](O)C1. The lowest BCUT2D eigenvalue weighted by atomic mass is 9.55. The van der Waals surface area contributed by atoms with Crippen LogP contribution >= 0.6 is 0 Å². The number of phenols is 1. The van der Waals surface area contributed by atoms with E-state index in [4.69, 9.17) is 20.2 Å². The number of quaternary nitrogens is 1. The molecule has 63 heavy (non-hydrogen) atoms. The number of aromatic hydroxyl groups is 1. The molecule has 9 aliphatic rings. The molecule has 5 aliphatic heterocycles. The predicted octanol–water partition coefficient (Wildman–Crippen LogP) is 5.02. The highest BCUT2D eigenvalue weighted by molar-refractivity contribution is 6.08. The van der Waals surface area contributed by atoms with Crippen LogP contribution in [0.15, 0.2) is 65.0 Å². The highest BCUT2D eigenvalue weighted by Crippen LogP contribution is 2.64. The van der Waals surface area contributed by atoms with Crippen LogP contribution in [0.3, 0.4) is 0 Å². The number of carbonyl (C=O) groups is 1. The van der Waals surface area contributed by atoms with Gasteiger partial charge in [-0.3, -0.25) is 20.0 Å². The standard InChI is InChI=1S/C52H58N4O7/c1-29-6-9-33(42(60)20-29)43(61)22-32(57)8-7-30-21-45-44(23-41(30)59)62-19-18-51(14-2-3-15-51)38-12-13-40(58)34-10-11-35-46-31(25-55-49(35)53)24-52(16-4-5-17-52)48(47(34)46)36-26-54-39-28-56(27-37(36)39)50(38)63-45/h6,9-11,21,23,26-27,29,31,33,38,40,42-43,48-50,55,58-61H,2-5,7-8,14-17,20,22,24-25,28,53H2,1H3/p+1/t29-,31-,33-,38-,40+,42-,43+,48+,49+,50-/m1/s1. The minimum atomic E-state index is -1.06. The normalized spacial score (nSPS) is 34.0. The molecule has 0 amide bonds. The Hall–Kier alpha value is -4.72. The fourth-order valence-electron chi connectivity index (χ4n) is 13.3. The molecule has 2 bridgehead atoms. The number of benzene rings is 2. The second-order valence-electron chi connectivity index (χ2n) is 20.2. The highest BCUT2D eigenvalue weighted by atomic mass is 16.5. The van der Waals surface area contributed by atoms with Crippen molar-refractivity contribution in [1.29, 1.82) is 0 Å². The minimum Gasteiger partial charge on any atom is -0.508 e. The lowest BCUT2D eigenvalue weighted by molar-refractivity contribution is -0.888. The number of hydrogen-bond acceptors (Lipinski definition) is 10. The fourth-order valence-corrected chi connectivity index (χ4v) is 13.3. The van der Waals surface area contributed by atoms with E-state index in [0.717, 1.165) is 78.8 Å². The van der Waals surface area contributed by atoms with Crippen LogP contribution in [0.1, 0.15) is 136 Å². The van der Waals surface area contributed by atoms with Crippen LogP contribution in [0.4, 0.5) is 0 Å². The Morgan fingerprint density at radius 2 is 1.84 bits per heavy atom. The number of ether oxygens (including phenoxy) is 2. The van der Waals surface area contributed by atoms with Crippen molar-refractivity contribution < 1.29 is 39.6 Å². The van der Waals surface area contributed by atoms with Crippen molar-refractivity contribution in [3.05, 3.63) is 87.8 Å². The number of rotatable bonds is 6. The van der Waals surface area contributed by atoms with Crippen LogP contribution in [0.2, 0.25) is 0 Å². The number of aliphatic hydroxyl groups excluding tert-OH is 3. The summed E-state index contributed by atoms with van der Waals surface area (Å²) in [4.78, 5) is 19.5. The fraction of sp³-hybridized carbons (Fsp3) is 0.538. The zero-order valence-corrected chi connectivity index (χ0v) is 36.0. The summed E-state index contributed by atoms with van der Waals surface area (Å²) >= 11 is 0. The minimum absolute atomic E-state index is 0.0214. The van der Waals surface area contributed by atoms with E-state index in [1.165, 1.54) is 35.6 Å². The van der Waals surface area contributed by atoms with Crippen molar-refractivity contribution in [3.63, 3.8) is 0 Å². The van der Waals surface area contributed by atoms with Crippen molar-refractivity contribution >= 4 is 11.5 Å². The maximum absolute atomic E-state index is 13.3. The van der Waals surface area contributed by atoms with Crippen LogP contribution in [0.25, 0.3) is 0 Å². The molecule has 8 N–H and O–H groups in total. The zero-order valence-electron chi connectivity index (χ0n) is 36.0. The number of hydrogen-bond donors (Lipinski definition) is 7. The summed E-state index contributed by atoms with van der Waals surface area (Å²) in [5.41, 5.74) is 14.6. The smallest absolute Gasteiger partial charge is 0.252 e. The second-order valence-corrected chi connectivity index (χ2v) is 20.2.